The van der Waals surface area contributed by atoms with E-state index in [1.165, 1.54) is 18.2 Å². The molecule has 0 unspecified atom stereocenters. The molecule has 0 fully saturated rings. The molecule has 11 nitrogen and oxygen atoms in total. The number of amides is 2. The summed E-state index contributed by atoms with van der Waals surface area (Å²) in [5.74, 6) is -2.13. The molecular weight excluding hydrogens is 428 g/mol. The van der Waals surface area contributed by atoms with Gasteiger partial charge in [-0.25, -0.2) is 0 Å². The molecule has 1 aromatic heterocycles. The summed E-state index contributed by atoms with van der Waals surface area (Å²) in [6.07, 6.45) is -0.262. The van der Waals surface area contributed by atoms with Gasteiger partial charge in [-0.15, -0.1) is 0 Å². The van der Waals surface area contributed by atoms with E-state index in [-0.39, 0.29) is 35.1 Å². The van der Waals surface area contributed by atoms with E-state index >= 15 is 0 Å². The van der Waals surface area contributed by atoms with Crippen molar-refractivity contribution in [2.24, 2.45) is 0 Å². The predicted octanol–water partition coefficient (Wildman–Crippen LogP) is 3.10. The van der Waals surface area contributed by atoms with Gasteiger partial charge >= 0.3 is 0 Å². The van der Waals surface area contributed by atoms with Crippen molar-refractivity contribution in [1.29, 1.82) is 0 Å². The largest absolute Gasteiger partial charge is 0.326 e. The number of non-ortho nitro benzene ring substituents is 1. The fourth-order valence-electron chi connectivity index (χ4n) is 3.51. The van der Waals surface area contributed by atoms with Crippen molar-refractivity contribution in [2.75, 3.05) is 16.0 Å². The molecule has 4 rings (SSSR count). The average molecular weight is 448 g/mol. The third-order valence-corrected chi connectivity index (χ3v) is 5.27. The molecule has 33 heavy (non-hydrogen) atoms. The predicted molar refractivity (Wildman–Crippen MR) is 122 cm³/mol. The SMILES string of the molecule is Cc1ccc(Nc2nc3c(c(=O)[nH]2)[C@H](C(=O)Nc2cc([N+](=O)[O-])ccc2C)CC(=O)N3)cc1. The van der Waals surface area contributed by atoms with Crippen molar-refractivity contribution in [3.8, 4) is 0 Å². The van der Waals surface area contributed by atoms with Crippen LogP contribution >= 0.6 is 0 Å². The molecule has 1 atom stereocenters. The number of benzene rings is 2. The maximum absolute atomic E-state index is 13.0. The van der Waals surface area contributed by atoms with Crippen LogP contribution in [0.25, 0.3) is 0 Å². The second-order valence-corrected chi connectivity index (χ2v) is 7.72. The Morgan fingerprint density at radius 2 is 1.88 bits per heavy atom. The molecule has 4 N–H and O–H groups in total. The summed E-state index contributed by atoms with van der Waals surface area (Å²) >= 11 is 0. The topological polar surface area (TPSA) is 159 Å². The first-order valence-electron chi connectivity index (χ1n) is 10.0. The van der Waals surface area contributed by atoms with E-state index in [0.29, 0.717) is 11.3 Å². The monoisotopic (exact) mass is 448 g/mol. The van der Waals surface area contributed by atoms with Crippen LogP contribution in [-0.4, -0.2) is 26.7 Å². The molecule has 2 aromatic carbocycles. The Morgan fingerprint density at radius 1 is 1.15 bits per heavy atom. The fraction of sp³-hybridized carbons (Fsp3) is 0.182. The van der Waals surface area contributed by atoms with Crippen molar-refractivity contribution in [3.63, 3.8) is 0 Å². The van der Waals surface area contributed by atoms with Crippen molar-refractivity contribution < 1.29 is 14.5 Å². The first-order valence-corrected chi connectivity index (χ1v) is 10.0. The fourth-order valence-corrected chi connectivity index (χ4v) is 3.51. The summed E-state index contributed by atoms with van der Waals surface area (Å²) < 4.78 is 0. The van der Waals surface area contributed by atoms with Crippen LogP contribution in [0.3, 0.4) is 0 Å². The average Bonchev–Trinajstić information content (AvgIpc) is 2.75. The highest BCUT2D eigenvalue weighted by molar-refractivity contribution is 6.04. The lowest BCUT2D eigenvalue weighted by molar-refractivity contribution is -0.384. The maximum Gasteiger partial charge on any atom is 0.271 e. The number of nitrogens with one attached hydrogen (secondary N) is 4. The summed E-state index contributed by atoms with van der Waals surface area (Å²) in [4.78, 5) is 55.5. The van der Waals surface area contributed by atoms with Gasteiger partial charge in [0.1, 0.15) is 5.82 Å². The highest BCUT2D eigenvalue weighted by Crippen LogP contribution is 2.31. The van der Waals surface area contributed by atoms with Crippen LogP contribution < -0.4 is 21.5 Å². The maximum atomic E-state index is 13.0. The van der Waals surface area contributed by atoms with Gasteiger partial charge in [-0.05, 0) is 31.5 Å². The number of aromatic amines is 1. The Hall–Kier alpha value is -4.54. The molecular formula is C22H20N6O5. The quantitative estimate of drug-likeness (QED) is 0.345. The van der Waals surface area contributed by atoms with Crippen molar-refractivity contribution in [2.45, 2.75) is 26.2 Å². The second-order valence-electron chi connectivity index (χ2n) is 7.72. The van der Waals surface area contributed by atoms with Crippen LogP contribution in [-0.2, 0) is 9.59 Å². The molecule has 0 radical (unpaired) electrons. The van der Waals surface area contributed by atoms with Crippen LogP contribution in [0.4, 0.5) is 28.8 Å². The van der Waals surface area contributed by atoms with Gasteiger partial charge in [-0.1, -0.05) is 23.8 Å². The zero-order valence-corrected chi connectivity index (χ0v) is 17.8. The first-order chi connectivity index (χ1) is 15.7. The number of aromatic nitrogens is 2. The number of H-pyrrole nitrogens is 1. The van der Waals surface area contributed by atoms with Gasteiger partial charge in [0.25, 0.3) is 11.2 Å². The van der Waals surface area contributed by atoms with Gasteiger partial charge in [0.05, 0.1) is 22.1 Å². The molecule has 2 amide bonds. The molecule has 1 aliphatic heterocycles. The Balaban J connectivity index is 1.64. The van der Waals surface area contributed by atoms with E-state index in [0.717, 1.165) is 5.56 Å². The van der Waals surface area contributed by atoms with Gasteiger partial charge < -0.3 is 16.0 Å². The van der Waals surface area contributed by atoms with Gasteiger partial charge in [-0.3, -0.25) is 29.5 Å². The Bertz CT molecular complexity index is 1330. The van der Waals surface area contributed by atoms with Crippen LogP contribution in [0.5, 0.6) is 0 Å². The van der Waals surface area contributed by atoms with E-state index in [9.17, 15) is 24.5 Å². The standard InChI is InChI=1S/C22H20N6O5/c1-11-3-6-13(7-4-11)23-22-26-19-18(21(31)27-22)15(10-17(29)25-19)20(30)24-16-9-14(28(32)33)8-5-12(16)2/h3-9,15H,10H2,1-2H3,(H,24,30)(H3,23,25,26,27,29,31)/t15-/m1/s1. The molecule has 0 aliphatic carbocycles. The Morgan fingerprint density at radius 3 is 2.58 bits per heavy atom. The van der Waals surface area contributed by atoms with Crippen LogP contribution in [0.15, 0.2) is 47.3 Å². The zero-order chi connectivity index (χ0) is 23.7. The van der Waals surface area contributed by atoms with E-state index < -0.39 is 28.2 Å². The molecule has 3 aromatic rings. The smallest absolute Gasteiger partial charge is 0.271 e. The third kappa shape index (κ3) is 4.56. The number of nitro benzene ring substituents is 1. The number of rotatable bonds is 5. The molecule has 0 saturated heterocycles. The minimum Gasteiger partial charge on any atom is -0.326 e. The highest BCUT2D eigenvalue weighted by Gasteiger charge is 2.35. The summed E-state index contributed by atoms with van der Waals surface area (Å²) in [7, 11) is 0. The highest BCUT2D eigenvalue weighted by atomic mass is 16.6. The first kappa shape index (κ1) is 21.7. The Kier molecular flexibility index (Phi) is 5.61. The molecule has 11 heteroatoms. The summed E-state index contributed by atoms with van der Waals surface area (Å²) in [5.41, 5.74) is 1.82. The normalized spacial score (nSPS) is 14.7. The number of hydrogen-bond donors (Lipinski definition) is 4. The lowest BCUT2D eigenvalue weighted by atomic mass is 9.92. The second kappa shape index (κ2) is 8.54. The van der Waals surface area contributed by atoms with E-state index in [1.54, 1.807) is 6.92 Å². The summed E-state index contributed by atoms with van der Waals surface area (Å²) in [6.45, 7) is 3.62. The summed E-state index contributed by atoms with van der Waals surface area (Å²) in [6, 6.07) is 11.5. The van der Waals surface area contributed by atoms with E-state index in [4.69, 9.17) is 0 Å². The van der Waals surface area contributed by atoms with Crippen LogP contribution in [0, 0.1) is 24.0 Å². The number of nitrogens with zero attached hydrogens (tertiary/aromatic N) is 2. The van der Waals surface area contributed by atoms with Crippen LogP contribution in [0.2, 0.25) is 0 Å². The molecule has 0 spiro atoms. The molecule has 168 valence electrons. The summed E-state index contributed by atoms with van der Waals surface area (Å²) in [5, 5.41) is 19.2. The van der Waals surface area contributed by atoms with Crippen LogP contribution in [0.1, 0.15) is 29.0 Å². The molecule has 0 bridgehead atoms. The minimum absolute atomic E-state index is 0.0134. The molecule has 1 aliphatic rings. The number of nitro groups is 1. The number of hydrogen-bond acceptors (Lipinski definition) is 7. The molecule has 0 saturated carbocycles. The number of aryl methyl sites for hydroxylation is 2. The Labute approximate surface area is 187 Å². The van der Waals surface area contributed by atoms with Crippen molar-refractivity contribution >= 4 is 40.6 Å². The number of carbonyl (C=O) groups is 2. The minimum atomic E-state index is -1.11. The lowest BCUT2D eigenvalue weighted by Crippen LogP contribution is -2.36. The van der Waals surface area contributed by atoms with E-state index in [2.05, 4.69) is 25.9 Å². The van der Waals surface area contributed by atoms with Gasteiger partial charge in [0.2, 0.25) is 17.8 Å². The molecule has 2 heterocycles. The van der Waals surface area contributed by atoms with Gasteiger partial charge in [-0.2, -0.15) is 4.98 Å². The van der Waals surface area contributed by atoms with Gasteiger partial charge in [0.15, 0.2) is 0 Å². The van der Waals surface area contributed by atoms with Gasteiger partial charge in [0, 0.05) is 24.2 Å². The number of carbonyl (C=O) groups excluding carboxylic acids is 2. The van der Waals surface area contributed by atoms with E-state index in [1.807, 2.05) is 31.2 Å². The lowest BCUT2D eigenvalue weighted by Gasteiger charge is -2.24. The zero-order valence-electron chi connectivity index (χ0n) is 17.8. The van der Waals surface area contributed by atoms with Crippen molar-refractivity contribution in [1.82, 2.24) is 9.97 Å². The van der Waals surface area contributed by atoms with Crippen molar-refractivity contribution in [3.05, 3.63) is 79.6 Å². The number of fused-ring (bicyclic) bond motifs is 1. The number of anilines is 4. The third-order valence-electron chi connectivity index (χ3n) is 5.27.